The first-order valence-electron chi connectivity index (χ1n) is 11.8. The summed E-state index contributed by atoms with van der Waals surface area (Å²) in [7, 11) is 3.09. The molecule has 10 nitrogen and oxygen atoms in total. The van der Waals surface area contributed by atoms with E-state index in [4.69, 9.17) is 4.74 Å². The van der Waals surface area contributed by atoms with E-state index >= 15 is 0 Å². The highest BCUT2D eigenvalue weighted by molar-refractivity contribution is 6.11. The number of aryl methyl sites for hydroxylation is 3. The predicted molar refractivity (Wildman–Crippen MR) is 137 cm³/mol. The molecule has 0 aliphatic rings. The molecule has 0 saturated heterocycles. The fourth-order valence-corrected chi connectivity index (χ4v) is 4.59. The van der Waals surface area contributed by atoms with Crippen molar-refractivity contribution < 1.29 is 14.3 Å². The molecule has 5 rings (SSSR count). The standard InChI is InChI=1S/C27H25N5O5/c1-4-16-11-8-12-18-19(13-28-21(16)18)23(34)24(17-9-6-5-7-10-17)37-20(33)14-32-26(35)22-25(29-15-30(22)2)31(3)27(32)36/h5-13,15,24,28H,4,14H2,1-3H3. The molecule has 1 atom stereocenters. The number of carbonyl (C=O) groups excluding carboxylic acids is 2. The number of hydrogen-bond acceptors (Lipinski definition) is 6. The molecule has 37 heavy (non-hydrogen) atoms. The smallest absolute Gasteiger partial charge is 0.333 e. The second kappa shape index (κ2) is 9.38. The van der Waals surface area contributed by atoms with Gasteiger partial charge in [-0.1, -0.05) is 55.5 Å². The molecule has 5 aromatic rings. The molecule has 1 unspecified atom stereocenters. The van der Waals surface area contributed by atoms with E-state index in [1.807, 2.05) is 25.1 Å². The number of hydrogen-bond donors (Lipinski definition) is 1. The molecule has 0 amide bonds. The van der Waals surface area contributed by atoms with E-state index in [-0.39, 0.29) is 11.2 Å². The molecule has 0 saturated carbocycles. The van der Waals surface area contributed by atoms with Gasteiger partial charge >= 0.3 is 11.7 Å². The van der Waals surface area contributed by atoms with Crippen LogP contribution in [0, 0.1) is 0 Å². The van der Waals surface area contributed by atoms with Crippen molar-refractivity contribution in [2.24, 2.45) is 14.1 Å². The van der Waals surface area contributed by atoms with Crippen molar-refractivity contribution in [3.05, 3.63) is 98.6 Å². The number of ketones is 1. The van der Waals surface area contributed by atoms with Crippen molar-refractivity contribution in [3.63, 3.8) is 0 Å². The summed E-state index contributed by atoms with van der Waals surface area (Å²) in [5, 5.41) is 0.730. The van der Waals surface area contributed by atoms with E-state index in [1.54, 1.807) is 43.6 Å². The summed E-state index contributed by atoms with van der Waals surface area (Å²) in [6, 6.07) is 14.4. The Balaban J connectivity index is 1.52. The highest BCUT2D eigenvalue weighted by Gasteiger charge is 2.29. The van der Waals surface area contributed by atoms with Crippen LogP contribution in [0.5, 0.6) is 0 Å². The van der Waals surface area contributed by atoms with Crippen molar-refractivity contribution in [1.29, 1.82) is 0 Å². The molecule has 0 fully saturated rings. The zero-order valence-electron chi connectivity index (χ0n) is 20.6. The quantitative estimate of drug-likeness (QED) is 0.271. The molecular formula is C27H25N5O5. The number of Topliss-reactive ketones (excluding diaryl/α,β-unsaturated/α-hetero) is 1. The van der Waals surface area contributed by atoms with Crippen LogP contribution in [0.1, 0.15) is 34.5 Å². The number of aromatic nitrogens is 5. The van der Waals surface area contributed by atoms with Gasteiger partial charge < -0.3 is 14.3 Å². The van der Waals surface area contributed by atoms with E-state index in [0.717, 1.165) is 27.5 Å². The van der Waals surface area contributed by atoms with Crippen LogP contribution in [-0.2, 0) is 36.6 Å². The van der Waals surface area contributed by atoms with Crippen LogP contribution in [-0.4, -0.2) is 35.4 Å². The lowest BCUT2D eigenvalue weighted by atomic mass is 9.98. The van der Waals surface area contributed by atoms with Gasteiger partial charge in [-0.25, -0.2) is 14.3 Å². The summed E-state index contributed by atoms with van der Waals surface area (Å²) < 4.78 is 9.14. The number of fused-ring (bicyclic) bond motifs is 2. The van der Waals surface area contributed by atoms with Gasteiger partial charge in [0.15, 0.2) is 17.3 Å². The van der Waals surface area contributed by atoms with Crippen molar-refractivity contribution >= 4 is 33.8 Å². The Kier molecular flexibility index (Phi) is 6.08. The summed E-state index contributed by atoms with van der Waals surface area (Å²) in [6.45, 7) is 1.37. The Morgan fingerprint density at radius 2 is 1.81 bits per heavy atom. The van der Waals surface area contributed by atoms with Crippen molar-refractivity contribution in [2.45, 2.75) is 26.0 Å². The molecule has 0 spiro atoms. The fraction of sp³-hybridized carbons (Fsp3) is 0.222. The lowest BCUT2D eigenvalue weighted by Crippen LogP contribution is -2.42. The van der Waals surface area contributed by atoms with Crippen molar-refractivity contribution in [2.75, 3.05) is 0 Å². The highest BCUT2D eigenvalue weighted by atomic mass is 16.5. The number of benzene rings is 2. The molecule has 0 aliphatic heterocycles. The van der Waals surface area contributed by atoms with Gasteiger partial charge in [-0.15, -0.1) is 0 Å². The molecule has 0 aliphatic carbocycles. The van der Waals surface area contributed by atoms with E-state index < -0.39 is 35.7 Å². The monoisotopic (exact) mass is 499 g/mol. The number of carbonyl (C=O) groups is 2. The Morgan fingerprint density at radius 1 is 1.05 bits per heavy atom. The van der Waals surface area contributed by atoms with Crippen LogP contribution in [0.4, 0.5) is 0 Å². The van der Waals surface area contributed by atoms with Crippen LogP contribution in [0.3, 0.4) is 0 Å². The first-order chi connectivity index (χ1) is 17.8. The third-order valence-corrected chi connectivity index (χ3v) is 6.53. The van der Waals surface area contributed by atoms with Gasteiger partial charge in [0.1, 0.15) is 6.54 Å². The normalized spacial score (nSPS) is 12.2. The first kappa shape index (κ1) is 24.0. The summed E-state index contributed by atoms with van der Waals surface area (Å²) in [6.07, 6.45) is 2.56. The summed E-state index contributed by atoms with van der Waals surface area (Å²) in [5.74, 6) is -1.31. The predicted octanol–water partition coefficient (Wildman–Crippen LogP) is 2.64. The fourth-order valence-electron chi connectivity index (χ4n) is 4.59. The highest BCUT2D eigenvalue weighted by Crippen LogP contribution is 2.29. The Labute approximate surface area is 210 Å². The van der Waals surface area contributed by atoms with Crippen LogP contribution >= 0.6 is 0 Å². The van der Waals surface area contributed by atoms with Crippen LogP contribution in [0.25, 0.3) is 22.1 Å². The first-order valence-corrected chi connectivity index (χ1v) is 11.8. The average Bonchev–Trinajstić information content (AvgIpc) is 3.52. The van der Waals surface area contributed by atoms with Crippen LogP contribution < -0.4 is 11.2 Å². The number of nitrogens with one attached hydrogen (secondary N) is 1. The van der Waals surface area contributed by atoms with Crippen molar-refractivity contribution in [3.8, 4) is 0 Å². The van der Waals surface area contributed by atoms with Gasteiger partial charge in [-0.2, -0.15) is 0 Å². The summed E-state index contributed by atoms with van der Waals surface area (Å²) >= 11 is 0. The average molecular weight is 500 g/mol. The number of para-hydroxylation sites is 1. The lowest BCUT2D eigenvalue weighted by molar-refractivity contribution is -0.148. The third-order valence-electron chi connectivity index (χ3n) is 6.53. The minimum Gasteiger partial charge on any atom is -0.448 e. The van der Waals surface area contributed by atoms with E-state index in [2.05, 4.69) is 9.97 Å². The van der Waals surface area contributed by atoms with E-state index in [0.29, 0.717) is 11.1 Å². The number of imidazole rings is 1. The zero-order chi connectivity index (χ0) is 26.3. The maximum Gasteiger partial charge on any atom is 0.333 e. The maximum absolute atomic E-state index is 13.7. The largest absolute Gasteiger partial charge is 0.448 e. The van der Waals surface area contributed by atoms with Gasteiger partial charge in [0.2, 0.25) is 5.78 Å². The van der Waals surface area contributed by atoms with Gasteiger partial charge in [-0.05, 0) is 12.0 Å². The molecule has 2 aromatic carbocycles. The molecule has 0 bridgehead atoms. The van der Waals surface area contributed by atoms with E-state index in [1.165, 1.54) is 22.5 Å². The van der Waals surface area contributed by atoms with E-state index in [9.17, 15) is 19.2 Å². The number of nitrogens with zero attached hydrogens (tertiary/aromatic N) is 4. The lowest BCUT2D eigenvalue weighted by Gasteiger charge is -2.18. The Bertz CT molecular complexity index is 1770. The molecule has 188 valence electrons. The molecule has 1 N–H and O–H groups in total. The summed E-state index contributed by atoms with van der Waals surface area (Å²) in [4.78, 5) is 59.9. The number of esters is 1. The number of aromatic amines is 1. The van der Waals surface area contributed by atoms with Crippen molar-refractivity contribution in [1.82, 2.24) is 23.7 Å². The van der Waals surface area contributed by atoms with Crippen LogP contribution in [0.2, 0.25) is 0 Å². The van der Waals surface area contributed by atoms with Gasteiger partial charge in [0.25, 0.3) is 5.56 Å². The molecule has 0 radical (unpaired) electrons. The molecule has 10 heteroatoms. The minimum atomic E-state index is -1.27. The molecule has 3 heterocycles. The SMILES string of the molecule is CCc1cccc2c(C(=O)C(OC(=O)Cn3c(=O)c4c(ncn4C)n(C)c3=O)c3ccccc3)c[nH]c12. The third kappa shape index (κ3) is 4.06. The van der Waals surface area contributed by atoms with Gasteiger partial charge in [-0.3, -0.25) is 19.0 Å². The van der Waals surface area contributed by atoms with Gasteiger partial charge in [0, 0.05) is 42.3 Å². The number of ether oxygens (including phenoxy) is 1. The zero-order valence-corrected chi connectivity index (χ0v) is 20.6. The molecular weight excluding hydrogens is 474 g/mol. The Hall–Kier alpha value is -4.73. The minimum absolute atomic E-state index is 0.177. The number of H-pyrrole nitrogens is 1. The second-order valence-electron chi connectivity index (χ2n) is 8.80. The topological polar surface area (TPSA) is 121 Å². The van der Waals surface area contributed by atoms with Crippen LogP contribution in [0.15, 0.2) is 70.6 Å². The number of rotatable bonds is 7. The second-order valence-corrected chi connectivity index (χ2v) is 8.80. The summed E-state index contributed by atoms with van der Waals surface area (Å²) in [5.41, 5.74) is 1.79. The Morgan fingerprint density at radius 3 is 2.54 bits per heavy atom. The maximum atomic E-state index is 13.7. The molecule has 3 aromatic heterocycles. The van der Waals surface area contributed by atoms with Gasteiger partial charge in [0.05, 0.1) is 6.33 Å².